The molecule has 0 amide bonds. The average Bonchev–Trinajstić information content (AvgIpc) is 2.99. The third-order valence-corrected chi connectivity index (χ3v) is 3.59. The van der Waals surface area contributed by atoms with Crippen LogP contribution in [-0.4, -0.2) is 14.8 Å². The number of hydrogen-bond acceptors (Lipinski definition) is 3. The van der Waals surface area contributed by atoms with Crippen LogP contribution in [0.1, 0.15) is 11.1 Å². The van der Waals surface area contributed by atoms with E-state index < -0.39 is 0 Å². The summed E-state index contributed by atoms with van der Waals surface area (Å²) in [6.07, 6.45) is 7.42. The van der Waals surface area contributed by atoms with Crippen LogP contribution < -0.4 is 5.32 Å². The number of benzene rings is 1. The number of hydrogen-bond donors (Lipinski definition) is 1. The van der Waals surface area contributed by atoms with Crippen molar-refractivity contribution in [1.29, 1.82) is 0 Å². The molecule has 0 unspecified atom stereocenters. The molecule has 0 spiro atoms. The molecule has 106 valence electrons. The monoisotopic (exact) mass is 342 g/mol. The van der Waals surface area contributed by atoms with Crippen LogP contribution in [0.15, 0.2) is 65.7 Å². The first-order valence-electron chi connectivity index (χ1n) is 6.70. The highest BCUT2D eigenvalue weighted by molar-refractivity contribution is 9.10. The topological polar surface area (TPSA) is 42.7 Å². The molecule has 2 aromatic heterocycles. The fourth-order valence-corrected chi connectivity index (χ4v) is 2.56. The summed E-state index contributed by atoms with van der Waals surface area (Å²) in [5.41, 5.74) is 3.47. The van der Waals surface area contributed by atoms with Gasteiger partial charge in [0, 0.05) is 41.5 Å². The molecule has 3 aromatic rings. The van der Waals surface area contributed by atoms with Gasteiger partial charge in [0.05, 0.1) is 6.54 Å². The van der Waals surface area contributed by atoms with E-state index in [0.29, 0.717) is 0 Å². The minimum Gasteiger partial charge on any atom is -0.381 e. The van der Waals surface area contributed by atoms with E-state index in [4.69, 9.17) is 0 Å². The Kier molecular flexibility index (Phi) is 4.31. The Hall–Kier alpha value is -2.14. The Bertz CT molecular complexity index is 710. The Morgan fingerprint density at radius 2 is 2.05 bits per heavy atom. The standard InChI is InChI=1S/C16H15BrN4/c17-15-8-13(9-18-11-15)10-19-16-5-2-1-4-14(16)12-21-7-3-6-20-21/h1-9,11,19H,10,12H2. The molecule has 0 radical (unpaired) electrons. The number of anilines is 1. The van der Waals surface area contributed by atoms with Crippen molar-refractivity contribution >= 4 is 21.6 Å². The molecule has 0 aliphatic rings. The van der Waals surface area contributed by atoms with Crippen LogP contribution in [-0.2, 0) is 13.1 Å². The van der Waals surface area contributed by atoms with Gasteiger partial charge >= 0.3 is 0 Å². The maximum atomic E-state index is 4.26. The molecule has 21 heavy (non-hydrogen) atoms. The Labute approximate surface area is 132 Å². The van der Waals surface area contributed by atoms with Crippen molar-refractivity contribution in [2.24, 2.45) is 0 Å². The van der Waals surface area contributed by atoms with E-state index in [1.54, 1.807) is 12.4 Å². The van der Waals surface area contributed by atoms with Gasteiger partial charge < -0.3 is 5.32 Å². The summed E-state index contributed by atoms with van der Waals surface area (Å²) in [5.74, 6) is 0. The Balaban J connectivity index is 1.73. The molecule has 0 fully saturated rings. The molecule has 0 aliphatic carbocycles. The second-order valence-electron chi connectivity index (χ2n) is 4.73. The zero-order valence-electron chi connectivity index (χ0n) is 11.4. The fourth-order valence-electron chi connectivity index (χ4n) is 2.15. The van der Waals surface area contributed by atoms with E-state index in [-0.39, 0.29) is 0 Å². The molecule has 3 rings (SSSR count). The number of rotatable bonds is 5. The van der Waals surface area contributed by atoms with Gasteiger partial charge in [0.2, 0.25) is 0 Å². The van der Waals surface area contributed by atoms with E-state index >= 15 is 0 Å². The lowest BCUT2D eigenvalue weighted by Crippen LogP contribution is -2.06. The zero-order chi connectivity index (χ0) is 14.5. The molecule has 0 saturated carbocycles. The number of pyridine rings is 1. The number of aromatic nitrogens is 3. The summed E-state index contributed by atoms with van der Waals surface area (Å²) < 4.78 is 2.91. The van der Waals surface area contributed by atoms with Crippen molar-refractivity contribution in [1.82, 2.24) is 14.8 Å². The van der Waals surface area contributed by atoms with Gasteiger partial charge in [0.1, 0.15) is 0 Å². The van der Waals surface area contributed by atoms with Crippen LogP contribution in [0.4, 0.5) is 5.69 Å². The third kappa shape index (κ3) is 3.70. The number of halogens is 1. The highest BCUT2D eigenvalue weighted by Gasteiger charge is 2.03. The van der Waals surface area contributed by atoms with Crippen molar-refractivity contribution in [2.75, 3.05) is 5.32 Å². The van der Waals surface area contributed by atoms with Crippen molar-refractivity contribution in [2.45, 2.75) is 13.1 Å². The molecule has 1 aromatic carbocycles. The molecule has 1 N–H and O–H groups in total. The van der Waals surface area contributed by atoms with E-state index in [2.05, 4.69) is 49.5 Å². The second kappa shape index (κ2) is 6.54. The first-order valence-corrected chi connectivity index (χ1v) is 7.49. The van der Waals surface area contributed by atoms with Gasteiger partial charge in [-0.15, -0.1) is 0 Å². The predicted octanol–water partition coefficient (Wildman–Crippen LogP) is 3.70. The lowest BCUT2D eigenvalue weighted by Gasteiger charge is -2.12. The fraction of sp³-hybridized carbons (Fsp3) is 0.125. The minimum absolute atomic E-state index is 0.739. The number of para-hydroxylation sites is 1. The van der Waals surface area contributed by atoms with E-state index in [1.165, 1.54) is 5.56 Å². The van der Waals surface area contributed by atoms with E-state index in [0.717, 1.165) is 28.8 Å². The molecule has 5 heteroatoms. The third-order valence-electron chi connectivity index (χ3n) is 3.15. The smallest absolute Gasteiger partial charge is 0.0679 e. The van der Waals surface area contributed by atoms with Crippen LogP contribution in [0.5, 0.6) is 0 Å². The van der Waals surface area contributed by atoms with Crippen molar-refractivity contribution in [3.05, 3.63) is 76.8 Å². The summed E-state index contributed by atoms with van der Waals surface area (Å²) in [6.45, 7) is 1.50. The zero-order valence-corrected chi connectivity index (χ0v) is 13.0. The van der Waals surface area contributed by atoms with E-state index in [1.807, 2.05) is 35.3 Å². The SMILES string of the molecule is Brc1cncc(CNc2ccccc2Cn2cccn2)c1. The lowest BCUT2D eigenvalue weighted by molar-refractivity contribution is 0.687. The normalized spacial score (nSPS) is 10.5. The predicted molar refractivity (Wildman–Crippen MR) is 87.0 cm³/mol. The molecular weight excluding hydrogens is 328 g/mol. The molecule has 4 nitrogen and oxygen atoms in total. The van der Waals surface area contributed by atoms with Crippen LogP contribution in [0, 0.1) is 0 Å². The van der Waals surface area contributed by atoms with Gasteiger partial charge in [-0.2, -0.15) is 5.10 Å². The van der Waals surface area contributed by atoms with Crippen molar-refractivity contribution < 1.29 is 0 Å². The van der Waals surface area contributed by atoms with Crippen LogP contribution in [0.2, 0.25) is 0 Å². The molecule has 0 atom stereocenters. The summed E-state index contributed by atoms with van der Waals surface area (Å²) >= 11 is 3.44. The largest absolute Gasteiger partial charge is 0.381 e. The quantitative estimate of drug-likeness (QED) is 0.768. The maximum absolute atomic E-state index is 4.26. The van der Waals surface area contributed by atoms with Gasteiger partial charge in [-0.05, 0) is 45.3 Å². The van der Waals surface area contributed by atoms with Crippen LogP contribution in [0.25, 0.3) is 0 Å². The van der Waals surface area contributed by atoms with Gasteiger partial charge in [0.25, 0.3) is 0 Å². The summed E-state index contributed by atoms with van der Waals surface area (Å²) in [4.78, 5) is 4.18. The first kappa shape index (κ1) is 13.8. The Morgan fingerprint density at radius 1 is 1.14 bits per heavy atom. The summed E-state index contributed by atoms with van der Waals surface area (Å²) in [5, 5.41) is 7.72. The highest BCUT2D eigenvalue weighted by Crippen LogP contribution is 2.18. The first-order chi connectivity index (χ1) is 10.3. The van der Waals surface area contributed by atoms with Gasteiger partial charge in [-0.25, -0.2) is 0 Å². The molecule has 0 aliphatic heterocycles. The van der Waals surface area contributed by atoms with Crippen LogP contribution >= 0.6 is 15.9 Å². The molecule has 0 saturated heterocycles. The van der Waals surface area contributed by atoms with Gasteiger partial charge in [-0.1, -0.05) is 18.2 Å². The van der Waals surface area contributed by atoms with Gasteiger partial charge in [-0.3, -0.25) is 9.67 Å². The summed E-state index contributed by atoms with van der Waals surface area (Å²) in [7, 11) is 0. The number of nitrogens with one attached hydrogen (secondary N) is 1. The van der Waals surface area contributed by atoms with E-state index in [9.17, 15) is 0 Å². The number of nitrogens with zero attached hydrogens (tertiary/aromatic N) is 3. The Morgan fingerprint density at radius 3 is 2.86 bits per heavy atom. The van der Waals surface area contributed by atoms with Gasteiger partial charge in [0.15, 0.2) is 0 Å². The van der Waals surface area contributed by atoms with Crippen molar-refractivity contribution in [3.63, 3.8) is 0 Å². The highest BCUT2D eigenvalue weighted by atomic mass is 79.9. The maximum Gasteiger partial charge on any atom is 0.0679 e. The summed E-state index contributed by atoms with van der Waals surface area (Å²) in [6, 6.07) is 12.3. The molecule has 0 bridgehead atoms. The lowest BCUT2D eigenvalue weighted by atomic mass is 10.1. The molecule has 2 heterocycles. The molecular formula is C16H15BrN4. The van der Waals surface area contributed by atoms with Crippen LogP contribution in [0.3, 0.4) is 0 Å². The van der Waals surface area contributed by atoms with Crippen molar-refractivity contribution in [3.8, 4) is 0 Å². The second-order valence-corrected chi connectivity index (χ2v) is 5.64. The average molecular weight is 343 g/mol. The minimum atomic E-state index is 0.739.